The van der Waals surface area contributed by atoms with E-state index in [0.29, 0.717) is 0 Å². The average molecular weight is 450 g/mol. The second kappa shape index (κ2) is 7.12. The third-order valence-electron chi connectivity index (χ3n) is 0. The van der Waals surface area contributed by atoms with E-state index in [4.69, 9.17) is 28.6 Å². The first kappa shape index (κ1) is 18.5. The molecule has 0 saturated carbocycles. The molecule has 0 aromatic carbocycles. The molecule has 0 saturated heterocycles. The van der Waals surface area contributed by atoms with Crippen molar-refractivity contribution in [2.75, 3.05) is 0 Å². The summed E-state index contributed by atoms with van der Waals surface area (Å²) in [5, 5.41) is 0. The van der Waals surface area contributed by atoms with Crippen LogP contribution in [0.1, 0.15) is 0 Å². The van der Waals surface area contributed by atoms with Crippen molar-refractivity contribution >= 4 is 37.7 Å². The van der Waals surface area contributed by atoms with Gasteiger partial charge >= 0.3 is 99.9 Å². The van der Waals surface area contributed by atoms with E-state index in [-0.39, 0.29) is 37.7 Å². The van der Waals surface area contributed by atoms with Crippen molar-refractivity contribution < 1.29 is 62.1 Å². The zero-order chi connectivity index (χ0) is 9.00. The molecule has 0 aromatic rings. The Balaban J connectivity index is -0.000000107. The number of hydrogen-bond donors (Lipinski definition) is 2. The monoisotopic (exact) mass is 452 g/mol. The molecule has 0 fully saturated rings. The van der Waals surface area contributed by atoms with E-state index in [1.165, 1.54) is 0 Å². The Bertz CT molecular complexity index is 210. The van der Waals surface area contributed by atoms with Gasteiger partial charge in [0.15, 0.2) is 0 Å². The fourth-order valence-corrected chi connectivity index (χ4v) is 0. The van der Waals surface area contributed by atoms with Crippen LogP contribution in [0.25, 0.3) is 0 Å². The Hall–Kier alpha value is 1.68. The van der Waals surface area contributed by atoms with Crippen molar-refractivity contribution in [3.05, 3.63) is 0 Å². The second-order valence-electron chi connectivity index (χ2n) is 0.856. The normalized spacial score (nSPS) is 10.5. The van der Waals surface area contributed by atoms with Gasteiger partial charge in [0.1, 0.15) is 0 Å². The zero-order valence-corrected chi connectivity index (χ0v) is 12.0. The molecule has 8 nitrogen and oxygen atoms in total. The van der Waals surface area contributed by atoms with Crippen molar-refractivity contribution in [2.45, 2.75) is 0 Å². The molecule has 0 aliphatic carbocycles. The van der Waals surface area contributed by atoms with Gasteiger partial charge in [-0.1, -0.05) is 0 Å². The molecule has 0 atom stereocenters. The summed E-state index contributed by atoms with van der Waals surface area (Å²) in [5.74, 6) is 0. The van der Waals surface area contributed by atoms with Crippen LogP contribution < -0.4 is 7.52 Å². The summed E-state index contributed by atoms with van der Waals surface area (Å²) >= 11 is -11.7. The van der Waals surface area contributed by atoms with E-state index < -0.39 is 33.5 Å². The van der Waals surface area contributed by atoms with Crippen LogP contribution in [0.3, 0.4) is 0 Å². The quantitative estimate of drug-likeness (QED) is 0.351. The molecule has 11 heteroatoms. The van der Waals surface area contributed by atoms with Gasteiger partial charge in [0.05, 0.1) is 0 Å². The Morgan fingerprint density at radius 2 is 1.09 bits per heavy atom. The molecule has 0 unspecified atom stereocenters. The maximum atomic E-state index is 8.85. The van der Waals surface area contributed by atoms with Gasteiger partial charge < -0.3 is 0 Å². The molecule has 0 aliphatic rings. The number of hydrogen-bond acceptors (Lipinski definition) is 6. The van der Waals surface area contributed by atoms with E-state index in [1.54, 1.807) is 0 Å². The first-order valence-electron chi connectivity index (χ1n) is 1.37. The van der Waals surface area contributed by atoms with Crippen molar-refractivity contribution in [1.82, 2.24) is 0 Å². The summed E-state index contributed by atoms with van der Waals surface area (Å²) in [6.07, 6.45) is 0. The molecule has 0 spiro atoms. The van der Waals surface area contributed by atoms with Gasteiger partial charge in [-0.15, -0.1) is 0 Å². The first-order valence-corrected chi connectivity index (χ1v) is 9.59. The van der Waals surface area contributed by atoms with Crippen LogP contribution in [0, 0.1) is 0 Å². The molecule has 0 aromatic heterocycles. The maximum absolute atomic E-state index is 8.85. The van der Waals surface area contributed by atoms with Crippen LogP contribution in [-0.2, 0) is 47.1 Å². The van der Waals surface area contributed by atoms with Crippen molar-refractivity contribution in [1.29, 1.82) is 0 Å². The molecular weight excluding hydrogens is 448 g/mol. The van der Waals surface area contributed by atoms with Gasteiger partial charge in [-0.2, -0.15) is 0 Å². The van der Waals surface area contributed by atoms with Gasteiger partial charge in [-0.05, 0) is 0 Å². The second-order valence-corrected chi connectivity index (χ2v) is 5.99. The van der Waals surface area contributed by atoms with Crippen molar-refractivity contribution in [2.24, 2.45) is 0 Å². The Kier molecular flexibility index (Phi) is 11.9. The van der Waals surface area contributed by atoms with E-state index in [0.717, 1.165) is 0 Å². The van der Waals surface area contributed by atoms with Gasteiger partial charge in [-0.3, -0.25) is 0 Å². The summed E-state index contributed by atoms with van der Waals surface area (Å²) in [6, 6.07) is 0. The predicted octanol–water partition coefficient (Wildman–Crippen LogP) is -4.35. The minimum absolute atomic E-state index is 0. The molecule has 11 heavy (non-hydrogen) atoms. The summed E-state index contributed by atoms with van der Waals surface area (Å²) < 4.78 is 66.6. The third kappa shape index (κ3) is 389. The topological polar surface area (TPSA) is 155 Å². The fraction of sp³-hybridized carbons (Fsp3) is 0. The van der Waals surface area contributed by atoms with Gasteiger partial charge in [-0.25, -0.2) is 0 Å². The van der Waals surface area contributed by atoms with Crippen LogP contribution in [0.4, 0.5) is 0 Å². The SMILES string of the molecule is [Ca+2].[O]=[Mo](=[O])([OH])[OH].[O]=[W](=[O])([O-])[O-]. The van der Waals surface area contributed by atoms with Gasteiger partial charge in [0.2, 0.25) is 0 Å². The van der Waals surface area contributed by atoms with Crippen LogP contribution in [0.5, 0.6) is 0 Å². The van der Waals surface area contributed by atoms with E-state index in [1.807, 2.05) is 0 Å². The molecular formula is H2CaMoO8W. The Morgan fingerprint density at radius 3 is 1.09 bits per heavy atom. The molecule has 0 radical (unpaired) electrons. The third-order valence-corrected chi connectivity index (χ3v) is 0. The van der Waals surface area contributed by atoms with Crippen LogP contribution in [0.2, 0.25) is 0 Å². The molecule has 0 heterocycles. The van der Waals surface area contributed by atoms with E-state index >= 15 is 0 Å². The molecule has 0 aliphatic heterocycles. The summed E-state index contributed by atoms with van der Waals surface area (Å²) in [6.45, 7) is 0. The molecule has 64 valence electrons. The van der Waals surface area contributed by atoms with Crippen LogP contribution >= 0.6 is 0 Å². The van der Waals surface area contributed by atoms with Crippen LogP contribution in [0.15, 0.2) is 0 Å². The molecule has 0 rings (SSSR count). The van der Waals surface area contributed by atoms with Gasteiger partial charge in [0, 0.05) is 0 Å². The van der Waals surface area contributed by atoms with Crippen LogP contribution in [-0.4, -0.2) is 45.3 Å². The summed E-state index contributed by atoms with van der Waals surface area (Å²) in [7, 11) is 0. The fourth-order valence-electron chi connectivity index (χ4n) is 0. The Labute approximate surface area is 98.3 Å². The first-order chi connectivity index (χ1) is 4.00. The number of rotatable bonds is 0. The van der Waals surface area contributed by atoms with Crippen molar-refractivity contribution in [3.63, 3.8) is 0 Å². The zero-order valence-electron chi connectivity index (χ0n) is 4.87. The minimum atomic E-state index is -6.17. The van der Waals surface area contributed by atoms with E-state index in [2.05, 4.69) is 0 Å². The molecule has 0 amide bonds. The summed E-state index contributed by atoms with van der Waals surface area (Å²) in [5.41, 5.74) is 0. The van der Waals surface area contributed by atoms with Gasteiger partial charge in [0.25, 0.3) is 0 Å². The molecule has 2 N–H and O–H groups in total. The molecule has 0 bridgehead atoms. The Morgan fingerprint density at radius 1 is 1.09 bits per heavy atom. The summed E-state index contributed by atoms with van der Waals surface area (Å²) in [4.78, 5) is 0. The van der Waals surface area contributed by atoms with Crippen molar-refractivity contribution in [3.8, 4) is 0 Å². The predicted molar refractivity (Wildman–Crippen MR) is 12.9 cm³/mol. The standard InChI is InChI=1S/Ca.Mo.2H2O.6O.W/h;;2*1H2;;;;;;;/q2*+2;;;;;;;2*-1;/p-2. The average Bonchev–Trinajstić information content (AvgIpc) is 1.12. The van der Waals surface area contributed by atoms with E-state index in [9.17, 15) is 0 Å².